The van der Waals surface area contributed by atoms with Gasteiger partial charge in [0.25, 0.3) is 22.2 Å². The maximum atomic E-state index is 13.1. The third-order valence-corrected chi connectivity index (χ3v) is 25.0. The van der Waals surface area contributed by atoms with Crippen LogP contribution in [0.25, 0.3) is 73.3 Å². The first-order valence-electron chi connectivity index (χ1n) is 43.5. The fraction of sp³-hybridized carbons (Fsp3) is 0.412. The average Bonchev–Trinajstić information content (AvgIpc) is 1.77. The SMILES string of the molecule is CCN(CC)C1CCN(c2cc(C)c3nc(-c4ccc(OC)c(OC)c4)cc(=O)n3c2)CC1.CCc1cc(C2CCN(C)CC2)cn2c(=O)cc(-c3ccc(OC)c(OC)c3)nc12.COc1ccc(-c2cc(=O)n3cc(N4CCC(NCCO)CC4)cc(C)c3n2)cc1OC.Cc1cn2cc(-c3cc(=O)n4cc(N5CCC(N(C)C)CC5)ccc4n3)ccc2n1. The number of benzene rings is 3. The second-order valence-corrected chi connectivity index (χ2v) is 32.9. The molecule has 0 atom stereocenters. The summed E-state index contributed by atoms with van der Waals surface area (Å²) in [6, 6.07) is 39.2. The van der Waals surface area contributed by atoms with Gasteiger partial charge in [-0.2, -0.15) is 0 Å². The number of methoxy groups -OCH3 is 6. The summed E-state index contributed by atoms with van der Waals surface area (Å²) in [7, 11) is 16.0. The minimum atomic E-state index is -0.121. The van der Waals surface area contributed by atoms with Crippen LogP contribution >= 0.6 is 0 Å². The molecule has 4 fully saturated rings. The van der Waals surface area contributed by atoms with E-state index in [1.807, 2.05) is 135 Å². The number of piperidine rings is 4. The van der Waals surface area contributed by atoms with Gasteiger partial charge in [-0.1, -0.05) is 26.8 Å². The lowest BCUT2D eigenvalue weighted by atomic mass is 9.89. The summed E-state index contributed by atoms with van der Waals surface area (Å²) in [6.45, 7) is 23.5. The fourth-order valence-electron chi connectivity index (χ4n) is 17.8. The second kappa shape index (κ2) is 40.2. The van der Waals surface area contributed by atoms with E-state index in [4.69, 9.17) is 53.5 Å². The van der Waals surface area contributed by atoms with E-state index in [-0.39, 0.29) is 28.8 Å². The van der Waals surface area contributed by atoms with E-state index in [9.17, 15) is 19.2 Å². The number of hydrogen-bond donors (Lipinski definition) is 2. The number of aliphatic hydroxyl groups is 1. The molecule has 2 N–H and O–H groups in total. The maximum absolute atomic E-state index is 13.1. The van der Waals surface area contributed by atoms with E-state index < -0.39 is 0 Å². The molecule has 0 amide bonds. The molecule has 4 saturated heterocycles. The van der Waals surface area contributed by atoms with Gasteiger partial charge in [0.05, 0.1) is 94.8 Å². The molecule has 0 spiro atoms. The van der Waals surface area contributed by atoms with Crippen LogP contribution in [0.4, 0.5) is 17.1 Å². The van der Waals surface area contributed by atoms with E-state index in [2.05, 4.69) is 106 Å². The molecule has 0 aliphatic carbocycles. The van der Waals surface area contributed by atoms with Gasteiger partial charge in [0.1, 0.15) is 28.2 Å². The summed E-state index contributed by atoms with van der Waals surface area (Å²) in [6.07, 6.45) is 21.3. The zero-order valence-electron chi connectivity index (χ0n) is 74.9. The van der Waals surface area contributed by atoms with Crippen LogP contribution in [0.5, 0.6) is 34.5 Å². The van der Waals surface area contributed by atoms with Crippen molar-refractivity contribution in [3.63, 3.8) is 0 Å². The first kappa shape index (κ1) is 89.1. The Hall–Kier alpha value is -12.2. The number of ether oxygens (including phenoxy) is 6. The number of aryl methyl sites for hydroxylation is 4. The van der Waals surface area contributed by atoms with Crippen molar-refractivity contribution in [2.45, 2.75) is 123 Å². The zero-order valence-corrected chi connectivity index (χ0v) is 74.9. The molecule has 13 aromatic rings. The van der Waals surface area contributed by atoms with E-state index >= 15 is 0 Å². The Morgan fingerprint density at radius 3 is 1.30 bits per heavy atom. The lowest BCUT2D eigenvalue weighted by molar-refractivity contribution is 0.186. The van der Waals surface area contributed by atoms with Crippen molar-refractivity contribution in [1.29, 1.82) is 0 Å². The van der Waals surface area contributed by atoms with Crippen molar-refractivity contribution < 1.29 is 33.5 Å². The van der Waals surface area contributed by atoms with Crippen molar-refractivity contribution in [3.8, 4) is 79.5 Å². The van der Waals surface area contributed by atoms with Crippen LogP contribution in [0, 0.1) is 20.8 Å². The van der Waals surface area contributed by atoms with Gasteiger partial charge in [-0.3, -0.25) is 36.8 Å². The highest BCUT2D eigenvalue weighted by atomic mass is 16.5. The normalized spacial score (nSPS) is 15.1. The summed E-state index contributed by atoms with van der Waals surface area (Å²) in [5.74, 6) is 4.23. The Labute approximate surface area is 729 Å². The predicted octanol–water partition coefficient (Wildman–Crippen LogP) is 12.8. The van der Waals surface area contributed by atoms with E-state index in [0.29, 0.717) is 105 Å². The minimum absolute atomic E-state index is 0.0609. The summed E-state index contributed by atoms with van der Waals surface area (Å²) >= 11 is 0. The van der Waals surface area contributed by atoms with Crippen LogP contribution in [0.15, 0.2) is 178 Å². The molecule has 28 heteroatoms. The molecule has 0 radical (unpaired) electrons. The highest BCUT2D eigenvalue weighted by Crippen LogP contribution is 2.37. The number of imidazole rings is 1. The quantitative estimate of drug-likeness (QED) is 0.0639. The van der Waals surface area contributed by atoms with E-state index in [1.54, 1.807) is 84.5 Å². The van der Waals surface area contributed by atoms with Gasteiger partial charge < -0.3 is 72.6 Å². The van der Waals surface area contributed by atoms with Crippen molar-refractivity contribution in [2.24, 2.45) is 0 Å². The fourth-order valence-corrected chi connectivity index (χ4v) is 17.8. The van der Waals surface area contributed by atoms with Gasteiger partial charge in [0.15, 0.2) is 34.5 Å². The van der Waals surface area contributed by atoms with Gasteiger partial charge in [0.2, 0.25) is 0 Å². The molecule has 3 aromatic carbocycles. The average molecular weight is 1700 g/mol. The smallest absolute Gasteiger partial charge is 0.258 e. The maximum Gasteiger partial charge on any atom is 0.258 e. The van der Waals surface area contributed by atoms with E-state index in [1.165, 1.54) is 5.56 Å². The number of aliphatic hydroxyl groups excluding tert-OH is 1. The standard InChI is InChI=1S/C26H34N4O3.C24H30N4O4.C24H29N3O3.C23H26N6O/c1-6-28(7-2)20-10-12-29(13-11-20)21-14-18(3)26-27-22(16-25(31)30(26)17-21)19-8-9-23(32-4)24(15-19)33-5;1-16-12-19(27-9-6-18(7-10-27)25-8-11-29)15-28-23(30)14-20(26-24(16)28)17-4-5-21(31-2)22(13-17)32-3;1-5-16-12-19(17-8-10-26(2)11-9-17)15-27-23(28)14-20(25-24(16)27)18-6-7-21(29-3)22(13-18)30-4;1-16-13-28-14-17(4-6-21(28)24-16)20-12-23(30)29-15-19(5-7-22(29)25-20)27-10-8-18(9-11-27)26(2)3/h8-9,14-17,20H,6-7,10-13H2,1-5H3;4-5,12-15,18,25,29H,6-11H2,1-3H3;6-7,12-15,17H,5,8-11H2,1-4H3;4-7,12-15,18H,8-11H2,1-3H3. The van der Waals surface area contributed by atoms with E-state index in [0.717, 1.165) is 196 Å². The number of nitrogens with zero attached hydrogens (tertiary/aromatic N) is 16. The first-order chi connectivity index (χ1) is 60.5. The summed E-state index contributed by atoms with van der Waals surface area (Å²) in [5.41, 5.74) is 17.5. The van der Waals surface area contributed by atoms with Crippen molar-refractivity contribution in [2.75, 3.05) is 157 Å². The highest BCUT2D eigenvalue weighted by Gasteiger charge is 2.28. The monoisotopic (exact) mass is 1700 g/mol. The Kier molecular flexibility index (Phi) is 28.6. The first-order valence-corrected chi connectivity index (χ1v) is 43.5. The second-order valence-electron chi connectivity index (χ2n) is 32.9. The topological polar surface area (TPSA) is 262 Å². The number of likely N-dealkylation sites (tertiary alicyclic amines) is 1. The molecule has 4 aliphatic heterocycles. The van der Waals surface area contributed by atoms with Crippen LogP contribution in [-0.2, 0) is 6.42 Å². The van der Waals surface area contributed by atoms with Crippen molar-refractivity contribution in [1.82, 2.24) is 66.9 Å². The van der Waals surface area contributed by atoms with Crippen molar-refractivity contribution in [3.05, 3.63) is 228 Å². The van der Waals surface area contributed by atoms with Crippen LogP contribution in [0.1, 0.15) is 106 Å². The molecule has 0 bridgehead atoms. The van der Waals surface area contributed by atoms with Gasteiger partial charge in [-0.15, -0.1) is 0 Å². The molecule has 17 rings (SSSR count). The lowest BCUT2D eigenvalue weighted by Crippen LogP contribution is -2.45. The third kappa shape index (κ3) is 20.1. The highest BCUT2D eigenvalue weighted by molar-refractivity contribution is 5.71. The van der Waals surface area contributed by atoms with Gasteiger partial charge in [0, 0.05) is 148 Å². The minimum Gasteiger partial charge on any atom is -0.493 e. The molecular weight excluding hydrogens is 1580 g/mol. The number of fused-ring (bicyclic) bond motifs is 5. The molecule has 14 heterocycles. The largest absolute Gasteiger partial charge is 0.493 e. The molecular formula is C97H119N17O11. The lowest BCUT2D eigenvalue weighted by Gasteiger charge is -2.38. The number of anilines is 3. The van der Waals surface area contributed by atoms with Crippen LogP contribution in [0.2, 0.25) is 0 Å². The zero-order chi connectivity index (χ0) is 88.3. The van der Waals surface area contributed by atoms with Gasteiger partial charge in [-0.25, -0.2) is 24.9 Å². The number of hydrogen-bond acceptors (Lipinski definition) is 23. The predicted molar refractivity (Wildman–Crippen MR) is 496 cm³/mol. The van der Waals surface area contributed by atoms with Gasteiger partial charge in [-0.05, 0) is 245 Å². The summed E-state index contributed by atoms with van der Waals surface area (Å²) in [5, 5.41) is 12.4. The summed E-state index contributed by atoms with van der Waals surface area (Å²) < 4.78 is 40.8. The molecule has 4 aliphatic rings. The molecule has 125 heavy (non-hydrogen) atoms. The van der Waals surface area contributed by atoms with Crippen LogP contribution < -0.4 is 70.7 Å². The number of aromatic nitrogens is 10. The Balaban J connectivity index is 0.000000136. The van der Waals surface area contributed by atoms with Crippen LogP contribution in [-0.4, -0.2) is 227 Å². The van der Waals surface area contributed by atoms with Crippen molar-refractivity contribution >= 4 is 45.3 Å². The molecule has 0 saturated carbocycles. The summed E-state index contributed by atoms with van der Waals surface area (Å²) in [4.78, 5) is 90.0. The number of nitrogens with one attached hydrogen (secondary N) is 1. The van der Waals surface area contributed by atoms with Crippen LogP contribution in [0.3, 0.4) is 0 Å². The molecule has 10 aromatic heterocycles. The Bertz CT molecular complexity index is 6230. The molecule has 28 nitrogen and oxygen atoms in total. The third-order valence-electron chi connectivity index (χ3n) is 25.0. The molecule has 0 unspecified atom stereocenters. The Morgan fingerprint density at radius 1 is 0.416 bits per heavy atom. The Morgan fingerprint density at radius 2 is 0.840 bits per heavy atom. The molecule has 658 valence electrons. The van der Waals surface area contributed by atoms with Gasteiger partial charge >= 0.3 is 0 Å². The number of rotatable bonds is 22. The number of pyridine rings is 5.